The molecule has 0 N–H and O–H groups in total. The highest BCUT2D eigenvalue weighted by atomic mass is 32.2. The summed E-state index contributed by atoms with van der Waals surface area (Å²) in [6.07, 6.45) is 0. The number of hydrogen-bond acceptors (Lipinski definition) is 7. The van der Waals surface area contributed by atoms with E-state index in [2.05, 4.69) is 4.98 Å². The van der Waals surface area contributed by atoms with Gasteiger partial charge in [0.1, 0.15) is 6.07 Å². The van der Waals surface area contributed by atoms with E-state index in [-0.39, 0.29) is 29.2 Å². The Bertz CT molecular complexity index is 1330. The van der Waals surface area contributed by atoms with Crippen LogP contribution < -0.4 is 4.90 Å². The number of benzene rings is 2. The molecule has 0 bridgehead atoms. The molecule has 1 aliphatic rings. The molecule has 1 aromatic heterocycles. The highest BCUT2D eigenvalue weighted by Crippen LogP contribution is 2.33. The third-order valence-corrected chi connectivity index (χ3v) is 7.28. The highest BCUT2D eigenvalue weighted by molar-refractivity contribution is 7.89. The van der Waals surface area contributed by atoms with Crippen molar-refractivity contribution in [3.05, 3.63) is 69.9 Å². The molecule has 31 heavy (non-hydrogen) atoms. The van der Waals surface area contributed by atoms with Crippen molar-refractivity contribution in [1.82, 2.24) is 9.29 Å². The molecule has 1 fully saturated rings. The Hall–Kier alpha value is -3.55. The fourth-order valence-corrected chi connectivity index (χ4v) is 5.41. The van der Waals surface area contributed by atoms with E-state index in [1.54, 1.807) is 31.2 Å². The molecule has 0 radical (unpaired) electrons. The SMILES string of the molecule is Cc1cc(N2CCN(S(=O)(=O)c3ccccc3C#N)CC2)c2cccc([N+](=O)[O-])c2n1. The minimum Gasteiger partial charge on any atom is -0.368 e. The highest BCUT2D eigenvalue weighted by Gasteiger charge is 2.31. The van der Waals surface area contributed by atoms with Gasteiger partial charge in [0.15, 0.2) is 5.52 Å². The van der Waals surface area contributed by atoms with Crippen LogP contribution in [0.3, 0.4) is 0 Å². The van der Waals surface area contributed by atoms with Crippen molar-refractivity contribution in [3.63, 3.8) is 0 Å². The van der Waals surface area contributed by atoms with Gasteiger partial charge in [0.25, 0.3) is 5.69 Å². The van der Waals surface area contributed by atoms with Gasteiger partial charge < -0.3 is 4.90 Å². The molecule has 0 unspecified atom stereocenters. The van der Waals surface area contributed by atoms with Gasteiger partial charge >= 0.3 is 0 Å². The lowest BCUT2D eigenvalue weighted by Gasteiger charge is -2.36. The van der Waals surface area contributed by atoms with Crippen molar-refractivity contribution in [2.75, 3.05) is 31.1 Å². The molecule has 1 saturated heterocycles. The van der Waals surface area contributed by atoms with Gasteiger partial charge in [0.05, 0.1) is 15.4 Å². The topological polar surface area (TPSA) is 120 Å². The molecular formula is C21H19N5O4S. The van der Waals surface area contributed by atoms with Crippen LogP contribution >= 0.6 is 0 Å². The van der Waals surface area contributed by atoms with Crippen LogP contribution in [-0.2, 0) is 10.0 Å². The number of nitro benzene ring substituents is 1. The van der Waals surface area contributed by atoms with Gasteiger partial charge in [-0.1, -0.05) is 24.3 Å². The standard InChI is InChI=1S/C21H19N5O4S/c1-15-13-19(17-6-4-7-18(26(27)28)21(17)23-15)24-9-11-25(12-10-24)31(29,30)20-8-3-2-5-16(20)14-22/h2-8,13H,9-12H2,1H3. The summed E-state index contributed by atoms with van der Waals surface area (Å²) in [7, 11) is -3.80. The van der Waals surface area contributed by atoms with Crippen LogP contribution in [0.15, 0.2) is 53.4 Å². The van der Waals surface area contributed by atoms with Gasteiger partial charge in [0, 0.05) is 49.0 Å². The van der Waals surface area contributed by atoms with Crippen molar-refractivity contribution in [2.24, 2.45) is 0 Å². The largest absolute Gasteiger partial charge is 0.368 e. The van der Waals surface area contributed by atoms with E-state index in [1.165, 1.54) is 22.5 Å². The number of anilines is 1. The fourth-order valence-electron chi connectivity index (χ4n) is 3.84. The number of sulfonamides is 1. The van der Waals surface area contributed by atoms with E-state index >= 15 is 0 Å². The average molecular weight is 437 g/mol. The van der Waals surface area contributed by atoms with Crippen molar-refractivity contribution >= 4 is 32.3 Å². The molecular weight excluding hydrogens is 418 g/mol. The first-order chi connectivity index (χ1) is 14.8. The average Bonchev–Trinajstić information content (AvgIpc) is 2.78. The number of pyridine rings is 1. The third-order valence-electron chi connectivity index (χ3n) is 5.33. The van der Waals surface area contributed by atoms with Crippen molar-refractivity contribution in [2.45, 2.75) is 11.8 Å². The molecule has 0 amide bonds. The first kappa shape index (κ1) is 20.7. The second-order valence-corrected chi connectivity index (χ2v) is 9.12. The maximum absolute atomic E-state index is 13.1. The molecule has 0 aliphatic carbocycles. The van der Waals surface area contributed by atoms with Crippen LogP contribution in [0.2, 0.25) is 0 Å². The predicted molar refractivity (Wildman–Crippen MR) is 115 cm³/mol. The van der Waals surface area contributed by atoms with Crippen molar-refractivity contribution < 1.29 is 13.3 Å². The molecule has 2 aromatic carbocycles. The molecule has 158 valence electrons. The smallest absolute Gasteiger partial charge is 0.295 e. The van der Waals surface area contributed by atoms with E-state index in [1.807, 2.05) is 17.0 Å². The first-order valence-corrected chi connectivity index (χ1v) is 11.1. The Kier molecular flexibility index (Phi) is 5.31. The summed E-state index contributed by atoms with van der Waals surface area (Å²) in [4.78, 5) is 17.3. The number of para-hydroxylation sites is 1. The monoisotopic (exact) mass is 437 g/mol. The molecule has 1 aliphatic heterocycles. The van der Waals surface area contributed by atoms with E-state index in [0.29, 0.717) is 29.7 Å². The van der Waals surface area contributed by atoms with Gasteiger partial charge in [-0.15, -0.1) is 0 Å². The lowest BCUT2D eigenvalue weighted by Crippen LogP contribution is -2.48. The number of nitrogens with zero attached hydrogens (tertiary/aromatic N) is 5. The van der Waals surface area contributed by atoms with Crippen LogP contribution in [-0.4, -0.2) is 48.8 Å². The summed E-state index contributed by atoms with van der Waals surface area (Å²) in [5, 5.41) is 21.3. The molecule has 10 heteroatoms. The quantitative estimate of drug-likeness (QED) is 0.454. The van der Waals surface area contributed by atoms with Gasteiger partial charge in [-0.2, -0.15) is 9.57 Å². The number of fused-ring (bicyclic) bond motifs is 1. The lowest BCUT2D eigenvalue weighted by molar-refractivity contribution is -0.383. The molecule has 3 aromatic rings. The molecule has 0 saturated carbocycles. The number of aryl methyl sites for hydroxylation is 1. The Morgan fingerprint density at radius 1 is 1.10 bits per heavy atom. The summed E-state index contributed by atoms with van der Waals surface area (Å²) in [6, 6.07) is 14.8. The third kappa shape index (κ3) is 3.69. The minimum atomic E-state index is -3.80. The number of nitro groups is 1. The van der Waals surface area contributed by atoms with E-state index in [0.717, 1.165) is 5.69 Å². The number of rotatable bonds is 4. The summed E-state index contributed by atoms with van der Waals surface area (Å²) < 4.78 is 27.5. The van der Waals surface area contributed by atoms with Gasteiger partial charge in [-0.3, -0.25) is 10.1 Å². The van der Waals surface area contributed by atoms with Crippen LogP contribution in [0.5, 0.6) is 0 Å². The minimum absolute atomic E-state index is 0.00628. The van der Waals surface area contributed by atoms with Crippen molar-refractivity contribution in [3.8, 4) is 6.07 Å². The summed E-state index contributed by atoms with van der Waals surface area (Å²) in [5.41, 5.74) is 1.82. The molecule has 0 atom stereocenters. The molecule has 4 rings (SSSR count). The van der Waals surface area contributed by atoms with Crippen LogP contribution in [0.4, 0.5) is 11.4 Å². The van der Waals surface area contributed by atoms with E-state index in [4.69, 9.17) is 0 Å². The van der Waals surface area contributed by atoms with E-state index in [9.17, 15) is 23.8 Å². The zero-order valence-electron chi connectivity index (χ0n) is 16.7. The number of hydrogen-bond donors (Lipinski definition) is 0. The zero-order valence-corrected chi connectivity index (χ0v) is 17.5. The second-order valence-electron chi connectivity index (χ2n) is 7.21. The Labute approximate surface area is 179 Å². The maximum Gasteiger partial charge on any atom is 0.295 e. The molecule has 2 heterocycles. The van der Waals surface area contributed by atoms with Crippen molar-refractivity contribution in [1.29, 1.82) is 5.26 Å². The van der Waals surface area contributed by atoms with Crippen LogP contribution in [0.25, 0.3) is 10.9 Å². The summed E-state index contributed by atoms with van der Waals surface area (Å²) >= 11 is 0. The lowest BCUT2D eigenvalue weighted by atomic mass is 10.1. The fraction of sp³-hybridized carbons (Fsp3) is 0.238. The number of piperazine rings is 1. The first-order valence-electron chi connectivity index (χ1n) is 9.62. The molecule has 9 nitrogen and oxygen atoms in total. The van der Waals surface area contributed by atoms with Gasteiger partial charge in [0.2, 0.25) is 10.0 Å². The Morgan fingerprint density at radius 2 is 1.81 bits per heavy atom. The van der Waals surface area contributed by atoms with Crippen LogP contribution in [0, 0.1) is 28.4 Å². The van der Waals surface area contributed by atoms with Gasteiger partial charge in [-0.05, 0) is 25.1 Å². The zero-order chi connectivity index (χ0) is 22.2. The Balaban J connectivity index is 1.64. The van der Waals surface area contributed by atoms with E-state index < -0.39 is 14.9 Å². The summed E-state index contributed by atoms with van der Waals surface area (Å²) in [5.74, 6) is 0. The van der Waals surface area contributed by atoms with Gasteiger partial charge in [-0.25, -0.2) is 13.4 Å². The Morgan fingerprint density at radius 3 is 2.48 bits per heavy atom. The second kappa shape index (κ2) is 7.94. The van der Waals surface area contributed by atoms with Crippen LogP contribution in [0.1, 0.15) is 11.3 Å². The molecule has 0 spiro atoms. The predicted octanol–water partition coefficient (Wildman–Crippen LogP) is 2.83. The summed E-state index contributed by atoms with van der Waals surface area (Å²) in [6.45, 7) is 3.07. The number of nitriles is 1. The normalized spacial score (nSPS) is 15.0. The maximum atomic E-state index is 13.1. The number of aromatic nitrogens is 1. The number of non-ortho nitro benzene ring substituents is 1.